The van der Waals surface area contributed by atoms with E-state index in [9.17, 15) is 9.59 Å². The molecule has 2 amide bonds. The summed E-state index contributed by atoms with van der Waals surface area (Å²) >= 11 is 5.87. The number of benzene rings is 2. The number of rotatable bonds is 6. The molecule has 2 aromatic rings. The lowest BCUT2D eigenvalue weighted by atomic mass is 10.0. The number of halogens is 1. The van der Waals surface area contributed by atoms with Crippen molar-refractivity contribution >= 4 is 29.1 Å². The number of piperidine rings is 1. The third kappa shape index (κ3) is 5.66. The lowest BCUT2D eigenvalue weighted by molar-refractivity contribution is -0.128. The van der Waals surface area contributed by atoms with Crippen LogP contribution in [0.2, 0.25) is 5.02 Å². The Morgan fingerprint density at radius 2 is 1.67 bits per heavy atom. The molecule has 0 spiro atoms. The lowest BCUT2D eigenvalue weighted by Gasteiger charge is -2.33. The van der Waals surface area contributed by atoms with E-state index in [1.54, 1.807) is 31.2 Å². The Morgan fingerprint density at radius 3 is 2.23 bits per heavy atom. The molecule has 0 aromatic heterocycles. The molecular weight excluding hydrogens is 402 g/mol. The monoisotopic (exact) mass is 429 g/mol. The summed E-state index contributed by atoms with van der Waals surface area (Å²) < 4.78 is 5.68. The fourth-order valence-electron chi connectivity index (χ4n) is 3.40. The van der Waals surface area contributed by atoms with Gasteiger partial charge in [-0.05, 0) is 68.3 Å². The largest absolute Gasteiger partial charge is 0.481 e. The van der Waals surface area contributed by atoms with Gasteiger partial charge >= 0.3 is 0 Å². The molecule has 6 nitrogen and oxygen atoms in total. The first-order chi connectivity index (χ1) is 14.3. The van der Waals surface area contributed by atoms with Crippen molar-refractivity contribution in [2.75, 3.05) is 32.1 Å². The van der Waals surface area contributed by atoms with Gasteiger partial charge in [0.2, 0.25) is 0 Å². The summed E-state index contributed by atoms with van der Waals surface area (Å²) in [4.78, 5) is 29.0. The van der Waals surface area contributed by atoms with Crippen LogP contribution < -0.4 is 15.0 Å². The predicted molar refractivity (Wildman–Crippen MR) is 119 cm³/mol. The molecule has 1 aliphatic heterocycles. The van der Waals surface area contributed by atoms with Gasteiger partial charge in [-0.1, -0.05) is 11.6 Å². The molecule has 0 radical (unpaired) electrons. The van der Waals surface area contributed by atoms with Crippen molar-refractivity contribution in [3.05, 3.63) is 59.1 Å². The second kappa shape index (κ2) is 9.85. The second-order valence-electron chi connectivity index (χ2n) is 7.73. The van der Waals surface area contributed by atoms with Crippen LogP contribution >= 0.6 is 11.6 Å². The molecule has 1 N–H and O–H groups in total. The van der Waals surface area contributed by atoms with E-state index < -0.39 is 6.10 Å². The lowest BCUT2D eigenvalue weighted by Crippen LogP contribution is -2.49. The van der Waals surface area contributed by atoms with Gasteiger partial charge in [-0.2, -0.15) is 0 Å². The third-order valence-corrected chi connectivity index (χ3v) is 5.51. The minimum absolute atomic E-state index is 0.0320. The average molecular weight is 430 g/mol. The van der Waals surface area contributed by atoms with Gasteiger partial charge in [-0.15, -0.1) is 0 Å². The van der Waals surface area contributed by atoms with Gasteiger partial charge in [0, 0.05) is 49.5 Å². The highest BCUT2D eigenvalue weighted by Gasteiger charge is 2.26. The van der Waals surface area contributed by atoms with E-state index in [0.717, 1.165) is 18.5 Å². The minimum Gasteiger partial charge on any atom is -0.481 e. The molecule has 0 saturated carbocycles. The fraction of sp³-hybridized carbons (Fsp3) is 0.391. The van der Waals surface area contributed by atoms with Crippen molar-refractivity contribution in [2.24, 2.45) is 0 Å². The summed E-state index contributed by atoms with van der Waals surface area (Å²) in [5.74, 6) is 0.473. The summed E-state index contributed by atoms with van der Waals surface area (Å²) in [6.45, 7) is 2.96. The van der Waals surface area contributed by atoms with Crippen LogP contribution in [-0.2, 0) is 4.79 Å². The number of anilines is 1. The van der Waals surface area contributed by atoms with Gasteiger partial charge in [0.1, 0.15) is 5.75 Å². The van der Waals surface area contributed by atoms with Crippen LogP contribution in [0.15, 0.2) is 48.5 Å². The summed E-state index contributed by atoms with van der Waals surface area (Å²) in [5.41, 5.74) is 1.75. The van der Waals surface area contributed by atoms with Crippen molar-refractivity contribution in [1.82, 2.24) is 10.2 Å². The Balaban J connectivity index is 1.47. The number of carbonyl (C=O) groups excluding carboxylic acids is 2. The second-order valence-corrected chi connectivity index (χ2v) is 8.17. The number of hydrogen-bond donors (Lipinski definition) is 1. The summed E-state index contributed by atoms with van der Waals surface area (Å²) in [6.07, 6.45) is 0.836. The van der Waals surface area contributed by atoms with E-state index in [1.807, 2.05) is 48.2 Å². The molecular formula is C23H28ClN3O3. The molecule has 0 aliphatic carbocycles. The van der Waals surface area contributed by atoms with Gasteiger partial charge < -0.3 is 19.9 Å². The van der Waals surface area contributed by atoms with Crippen molar-refractivity contribution < 1.29 is 14.3 Å². The molecule has 2 aromatic carbocycles. The molecule has 1 saturated heterocycles. The highest BCUT2D eigenvalue weighted by Crippen LogP contribution is 2.19. The van der Waals surface area contributed by atoms with Crippen LogP contribution in [0.4, 0.5) is 5.69 Å². The zero-order chi connectivity index (χ0) is 21.7. The quantitative estimate of drug-likeness (QED) is 0.762. The van der Waals surface area contributed by atoms with Gasteiger partial charge in [-0.25, -0.2) is 0 Å². The Bertz CT molecular complexity index is 860. The number of amides is 2. The molecule has 30 heavy (non-hydrogen) atoms. The Hall–Kier alpha value is -2.73. The van der Waals surface area contributed by atoms with E-state index in [2.05, 4.69) is 5.32 Å². The number of nitrogens with one attached hydrogen (secondary N) is 1. The molecule has 1 aliphatic rings. The van der Waals surface area contributed by atoms with Crippen molar-refractivity contribution in [2.45, 2.75) is 31.9 Å². The molecule has 3 rings (SSSR count). The molecule has 1 fully saturated rings. The van der Waals surface area contributed by atoms with E-state index in [4.69, 9.17) is 16.3 Å². The SMILES string of the molecule is CC(Oc1ccc(Cl)cc1)C(=O)NC1CCN(C(=O)c2ccc(N(C)C)cc2)CC1. The summed E-state index contributed by atoms with van der Waals surface area (Å²) in [5, 5.41) is 3.66. The van der Waals surface area contributed by atoms with Gasteiger partial charge in [0.15, 0.2) is 6.10 Å². The zero-order valence-corrected chi connectivity index (χ0v) is 18.4. The standard InChI is InChI=1S/C23H28ClN3O3/c1-16(30-21-10-6-18(24)7-11-21)22(28)25-19-12-14-27(15-13-19)23(29)17-4-8-20(9-5-17)26(2)3/h4-11,16,19H,12-15H2,1-3H3,(H,25,28). The first-order valence-electron chi connectivity index (χ1n) is 10.1. The average Bonchev–Trinajstić information content (AvgIpc) is 2.75. The normalized spacial score (nSPS) is 15.4. The first-order valence-corrected chi connectivity index (χ1v) is 10.5. The van der Waals surface area contributed by atoms with Crippen LogP contribution in [0.5, 0.6) is 5.75 Å². The van der Waals surface area contributed by atoms with Gasteiger partial charge in [0.05, 0.1) is 0 Å². The predicted octanol–water partition coefficient (Wildman–Crippen LogP) is 3.59. The smallest absolute Gasteiger partial charge is 0.260 e. The number of likely N-dealkylation sites (tertiary alicyclic amines) is 1. The number of carbonyl (C=O) groups is 2. The maximum absolute atomic E-state index is 12.7. The van der Waals surface area contributed by atoms with Crippen molar-refractivity contribution in [1.29, 1.82) is 0 Å². The zero-order valence-electron chi connectivity index (χ0n) is 17.6. The van der Waals surface area contributed by atoms with Gasteiger partial charge in [0.25, 0.3) is 11.8 Å². The molecule has 1 atom stereocenters. The highest BCUT2D eigenvalue weighted by molar-refractivity contribution is 6.30. The Morgan fingerprint density at radius 1 is 1.07 bits per heavy atom. The fourth-order valence-corrected chi connectivity index (χ4v) is 3.53. The van der Waals surface area contributed by atoms with E-state index in [1.165, 1.54) is 0 Å². The first kappa shape index (κ1) is 22.0. The molecule has 160 valence electrons. The number of nitrogens with zero attached hydrogens (tertiary/aromatic N) is 2. The van der Waals surface area contributed by atoms with E-state index >= 15 is 0 Å². The third-order valence-electron chi connectivity index (χ3n) is 5.25. The van der Waals surface area contributed by atoms with Crippen LogP contribution in [0.3, 0.4) is 0 Å². The van der Waals surface area contributed by atoms with Crippen LogP contribution in [-0.4, -0.2) is 56.0 Å². The number of hydrogen-bond acceptors (Lipinski definition) is 4. The summed E-state index contributed by atoms with van der Waals surface area (Å²) in [6, 6.07) is 14.6. The van der Waals surface area contributed by atoms with Crippen molar-refractivity contribution in [3.8, 4) is 5.75 Å². The van der Waals surface area contributed by atoms with E-state index in [-0.39, 0.29) is 17.9 Å². The Kier molecular flexibility index (Phi) is 7.21. The van der Waals surface area contributed by atoms with Crippen LogP contribution in [0.25, 0.3) is 0 Å². The maximum Gasteiger partial charge on any atom is 0.260 e. The maximum atomic E-state index is 12.7. The van der Waals surface area contributed by atoms with Gasteiger partial charge in [-0.3, -0.25) is 9.59 Å². The topological polar surface area (TPSA) is 61.9 Å². The molecule has 0 bridgehead atoms. The molecule has 1 unspecified atom stereocenters. The van der Waals surface area contributed by atoms with E-state index in [0.29, 0.717) is 29.4 Å². The molecule has 7 heteroatoms. The summed E-state index contributed by atoms with van der Waals surface area (Å²) in [7, 11) is 3.94. The highest BCUT2D eigenvalue weighted by atomic mass is 35.5. The molecule has 1 heterocycles. The minimum atomic E-state index is -0.610. The number of ether oxygens (including phenoxy) is 1. The van der Waals surface area contributed by atoms with Crippen LogP contribution in [0, 0.1) is 0 Å². The Labute approximate surface area is 182 Å². The van der Waals surface area contributed by atoms with Crippen molar-refractivity contribution in [3.63, 3.8) is 0 Å². The van der Waals surface area contributed by atoms with Crippen LogP contribution in [0.1, 0.15) is 30.1 Å².